The Morgan fingerprint density at radius 3 is 2.00 bits per heavy atom. The van der Waals surface area contributed by atoms with Crippen molar-refractivity contribution in [1.82, 2.24) is 0 Å². The molecule has 3 unspecified atom stereocenters. The largest absolute Gasteiger partial charge is 0.511 e. The van der Waals surface area contributed by atoms with Crippen molar-refractivity contribution in [1.29, 1.82) is 0 Å². The molecule has 0 bridgehead atoms. The van der Waals surface area contributed by atoms with Gasteiger partial charge in [-0.2, -0.15) is 0 Å². The molecule has 1 rings (SSSR count). The number of hydrogen-bond donors (Lipinski definition) is 2. The Morgan fingerprint density at radius 1 is 0.960 bits per heavy atom. The fraction of sp³-hybridized carbons (Fsp3) is 0.810. The molecule has 0 amide bonds. The van der Waals surface area contributed by atoms with Gasteiger partial charge in [0.15, 0.2) is 11.6 Å². The fourth-order valence-corrected chi connectivity index (χ4v) is 3.46. The SMILES string of the molecule is CCC(C)C(O)=C1C(=O)C(C(O)CCC(C)C)[C@H](CCC(C)C)C1=O. The van der Waals surface area contributed by atoms with Gasteiger partial charge < -0.3 is 10.2 Å². The van der Waals surface area contributed by atoms with Crippen molar-refractivity contribution in [2.45, 2.75) is 79.8 Å². The Hall–Kier alpha value is -1.16. The molecule has 1 aliphatic rings. The minimum Gasteiger partial charge on any atom is -0.511 e. The van der Waals surface area contributed by atoms with Gasteiger partial charge in [0, 0.05) is 11.8 Å². The van der Waals surface area contributed by atoms with E-state index in [1.165, 1.54) is 0 Å². The number of carbonyl (C=O) groups excluding carboxylic acids is 2. The molecule has 4 atom stereocenters. The zero-order chi connectivity index (χ0) is 19.3. The molecule has 1 aliphatic carbocycles. The first-order valence-corrected chi connectivity index (χ1v) is 9.81. The Labute approximate surface area is 152 Å². The third kappa shape index (κ3) is 5.40. The standard InChI is InChI=1S/C21H36O4/c1-7-14(6)19(23)18-20(24)15(10-8-12(2)3)17(21(18)25)16(22)11-9-13(4)5/h12-17,22-23H,7-11H2,1-6H3/t14?,15-,16?,17?/m0/s1. The lowest BCUT2D eigenvalue weighted by Crippen LogP contribution is -2.31. The van der Waals surface area contributed by atoms with Gasteiger partial charge in [-0.1, -0.05) is 48.0 Å². The van der Waals surface area contributed by atoms with E-state index in [2.05, 4.69) is 27.7 Å². The highest BCUT2D eigenvalue weighted by atomic mass is 16.3. The minimum absolute atomic E-state index is 0.0447. The molecule has 4 heteroatoms. The average Bonchev–Trinajstić information content (AvgIpc) is 2.79. The number of carbonyl (C=O) groups is 2. The smallest absolute Gasteiger partial charge is 0.176 e. The average molecular weight is 353 g/mol. The number of ketones is 2. The van der Waals surface area contributed by atoms with Crippen LogP contribution in [-0.4, -0.2) is 27.9 Å². The summed E-state index contributed by atoms with van der Waals surface area (Å²) in [6.07, 6.45) is 2.58. The summed E-state index contributed by atoms with van der Waals surface area (Å²) in [6, 6.07) is 0. The maximum absolute atomic E-state index is 12.9. The third-order valence-electron chi connectivity index (χ3n) is 5.41. The maximum atomic E-state index is 12.9. The van der Waals surface area contributed by atoms with Crippen LogP contribution >= 0.6 is 0 Å². The van der Waals surface area contributed by atoms with Gasteiger partial charge >= 0.3 is 0 Å². The monoisotopic (exact) mass is 352 g/mol. The zero-order valence-electron chi connectivity index (χ0n) is 16.7. The van der Waals surface area contributed by atoms with Crippen molar-refractivity contribution >= 4 is 11.6 Å². The predicted molar refractivity (Wildman–Crippen MR) is 100 cm³/mol. The number of allylic oxidation sites excluding steroid dienone is 2. The van der Waals surface area contributed by atoms with Crippen LogP contribution in [0, 0.1) is 29.6 Å². The molecule has 0 saturated heterocycles. The van der Waals surface area contributed by atoms with E-state index in [-0.39, 0.29) is 28.8 Å². The van der Waals surface area contributed by atoms with Gasteiger partial charge in [0.2, 0.25) is 0 Å². The molecule has 1 fully saturated rings. The summed E-state index contributed by atoms with van der Waals surface area (Å²) in [5.41, 5.74) is -0.0447. The van der Waals surface area contributed by atoms with E-state index in [1.807, 2.05) is 13.8 Å². The first kappa shape index (κ1) is 21.9. The normalized spacial score (nSPS) is 25.8. The predicted octanol–water partition coefficient (Wildman–Crippen LogP) is 4.46. The van der Waals surface area contributed by atoms with Crippen molar-refractivity contribution in [2.24, 2.45) is 29.6 Å². The van der Waals surface area contributed by atoms with Crippen LogP contribution in [0.15, 0.2) is 11.3 Å². The number of Topliss-reactive ketones (excluding diaryl/α,β-unsaturated/α-hetero) is 2. The Morgan fingerprint density at radius 2 is 1.52 bits per heavy atom. The molecular weight excluding hydrogens is 316 g/mol. The first-order chi connectivity index (χ1) is 11.6. The van der Waals surface area contributed by atoms with Gasteiger partial charge in [-0.25, -0.2) is 0 Å². The highest BCUT2D eigenvalue weighted by Crippen LogP contribution is 2.39. The molecule has 2 N–H and O–H groups in total. The third-order valence-corrected chi connectivity index (χ3v) is 5.41. The van der Waals surface area contributed by atoms with Crippen LogP contribution in [0.2, 0.25) is 0 Å². The molecule has 1 saturated carbocycles. The Bertz CT molecular complexity index is 504. The number of hydrogen-bond acceptors (Lipinski definition) is 4. The summed E-state index contributed by atoms with van der Waals surface area (Å²) in [4.78, 5) is 25.8. The summed E-state index contributed by atoms with van der Waals surface area (Å²) in [7, 11) is 0. The second kappa shape index (κ2) is 9.51. The summed E-state index contributed by atoms with van der Waals surface area (Å²) in [6.45, 7) is 12.0. The fourth-order valence-electron chi connectivity index (χ4n) is 3.46. The van der Waals surface area contributed by atoms with E-state index in [1.54, 1.807) is 0 Å². The van der Waals surface area contributed by atoms with Gasteiger partial charge in [-0.15, -0.1) is 0 Å². The van der Waals surface area contributed by atoms with Crippen molar-refractivity contribution < 1.29 is 19.8 Å². The van der Waals surface area contributed by atoms with Gasteiger partial charge in [0.25, 0.3) is 0 Å². The molecule has 0 radical (unpaired) electrons. The van der Waals surface area contributed by atoms with Crippen LogP contribution < -0.4 is 0 Å². The zero-order valence-corrected chi connectivity index (χ0v) is 16.7. The Balaban J connectivity index is 3.16. The molecule has 0 aromatic heterocycles. The lowest BCUT2D eigenvalue weighted by atomic mass is 9.83. The van der Waals surface area contributed by atoms with Gasteiger partial charge in [0.05, 0.1) is 17.6 Å². The molecule has 0 aromatic carbocycles. The van der Waals surface area contributed by atoms with E-state index < -0.39 is 17.9 Å². The van der Waals surface area contributed by atoms with Crippen molar-refractivity contribution in [3.8, 4) is 0 Å². The van der Waals surface area contributed by atoms with Gasteiger partial charge in [-0.05, 0) is 37.5 Å². The van der Waals surface area contributed by atoms with E-state index >= 15 is 0 Å². The molecule has 0 aromatic rings. The van der Waals surface area contributed by atoms with E-state index in [9.17, 15) is 19.8 Å². The minimum atomic E-state index is -0.821. The summed E-state index contributed by atoms with van der Waals surface area (Å²) in [5.74, 6) is -1.29. The second-order valence-electron chi connectivity index (χ2n) is 8.44. The lowest BCUT2D eigenvalue weighted by molar-refractivity contribution is -0.124. The molecule has 0 spiro atoms. The number of rotatable bonds is 9. The quantitative estimate of drug-likeness (QED) is 0.365. The molecular formula is C21H36O4. The van der Waals surface area contributed by atoms with Gasteiger partial charge in [0.1, 0.15) is 5.76 Å². The molecule has 25 heavy (non-hydrogen) atoms. The lowest BCUT2D eigenvalue weighted by Gasteiger charge is -2.23. The summed E-state index contributed by atoms with van der Waals surface area (Å²) in [5, 5.41) is 21.1. The van der Waals surface area contributed by atoms with Gasteiger partial charge in [-0.3, -0.25) is 9.59 Å². The summed E-state index contributed by atoms with van der Waals surface area (Å²) >= 11 is 0. The second-order valence-corrected chi connectivity index (χ2v) is 8.44. The maximum Gasteiger partial charge on any atom is 0.176 e. The van der Waals surface area contributed by atoms with Crippen LogP contribution in [0.25, 0.3) is 0 Å². The van der Waals surface area contributed by atoms with Crippen molar-refractivity contribution in [3.63, 3.8) is 0 Å². The van der Waals surface area contributed by atoms with E-state index in [0.29, 0.717) is 31.1 Å². The van der Waals surface area contributed by atoms with E-state index in [4.69, 9.17) is 0 Å². The highest BCUT2D eigenvalue weighted by Gasteiger charge is 2.50. The molecule has 0 heterocycles. The number of aliphatic hydroxyl groups excluding tert-OH is 2. The Kier molecular flexibility index (Phi) is 8.33. The molecule has 4 nitrogen and oxygen atoms in total. The van der Waals surface area contributed by atoms with Crippen LogP contribution in [0.1, 0.15) is 73.6 Å². The molecule has 0 aliphatic heterocycles. The molecule has 144 valence electrons. The van der Waals surface area contributed by atoms with Crippen LogP contribution in [0.4, 0.5) is 0 Å². The van der Waals surface area contributed by atoms with Crippen LogP contribution in [0.5, 0.6) is 0 Å². The van der Waals surface area contributed by atoms with E-state index in [0.717, 1.165) is 12.8 Å². The topological polar surface area (TPSA) is 74.6 Å². The van der Waals surface area contributed by atoms with Crippen LogP contribution in [-0.2, 0) is 9.59 Å². The van der Waals surface area contributed by atoms with Crippen molar-refractivity contribution in [3.05, 3.63) is 11.3 Å². The van der Waals surface area contributed by atoms with Crippen molar-refractivity contribution in [2.75, 3.05) is 0 Å². The summed E-state index contributed by atoms with van der Waals surface area (Å²) < 4.78 is 0. The number of aliphatic hydroxyl groups is 2. The first-order valence-electron chi connectivity index (χ1n) is 9.81. The highest BCUT2D eigenvalue weighted by molar-refractivity contribution is 6.27. The van der Waals surface area contributed by atoms with Crippen LogP contribution in [0.3, 0.4) is 0 Å².